The molecule has 8 heteroatoms. The number of aromatic amines is 1. The van der Waals surface area contributed by atoms with Crippen LogP contribution in [-0.4, -0.2) is 40.7 Å². The first-order chi connectivity index (χ1) is 11.3. The highest BCUT2D eigenvalue weighted by atomic mass is 32.2. The van der Waals surface area contributed by atoms with Gasteiger partial charge in [0.05, 0.1) is 12.9 Å². The van der Waals surface area contributed by atoms with Crippen molar-refractivity contribution in [2.24, 2.45) is 5.92 Å². The van der Waals surface area contributed by atoms with Crippen molar-refractivity contribution >= 4 is 23.6 Å². The zero-order chi connectivity index (χ0) is 18.1. The van der Waals surface area contributed by atoms with E-state index in [9.17, 15) is 14.4 Å². The SMILES string of the molecule is CCCc1cc(=O)[nH]c(SCC(=O)N[C@H](CC(C)C)C(=O)OC)n1. The van der Waals surface area contributed by atoms with Crippen molar-refractivity contribution in [3.05, 3.63) is 22.1 Å². The number of nitrogens with zero attached hydrogens (tertiary/aromatic N) is 1. The van der Waals surface area contributed by atoms with Gasteiger partial charge in [-0.2, -0.15) is 0 Å². The Morgan fingerprint density at radius 1 is 1.42 bits per heavy atom. The molecule has 134 valence electrons. The monoisotopic (exact) mass is 355 g/mol. The zero-order valence-corrected chi connectivity index (χ0v) is 15.4. The van der Waals surface area contributed by atoms with Crippen LogP contribution in [0.4, 0.5) is 0 Å². The van der Waals surface area contributed by atoms with E-state index < -0.39 is 12.0 Å². The third-order valence-corrected chi connectivity index (χ3v) is 4.02. The number of H-pyrrole nitrogens is 1. The second-order valence-electron chi connectivity index (χ2n) is 5.85. The summed E-state index contributed by atoms with van der Waals surface area (Å²) in [6.07, 6.45) is 2.10. The van der Waals surface area contributed by atoms with Crippen LogP contribution in [0, 0.1) is 5.92 Å². The van der Waals surface area contributed by atoms with E-state index in [4.69, 9.17) is 4.74 Å². The topological polar surface area (TPSA) is 101 Å². The first-order valence-electron chi connectivity index (χ1n) is 7.95. The number of aromatic nitrogens is 2. The number of carbonyl (C=O) groups is 2. The zero-order valence-electron chi connectivity index (χ0n) is 14.5. The molecule has 1 aromatic rings. The maximum atomic E-state index is 12.1. The van der Waals surface area contributed by atoms with Crippen LogP contribution in [0.25, 0.3) is 0 Å². The predicted octanol–water partition coefficient (Wildman–Crippen LogP) is 1.52. The highest BCUT2D eigenvalue weighted by Gasteiger charge is 2.22. The van der Waals surface area contributed by atoms with Gasteiger partial charge in [-0.25, -0.2) is 9.78 Å². The normalized spacial score (nSPS) is 12.0. The Morgan fingerprint density at radius 3 is 2.71 bits per heavy atom. The fourth-order valence-electron chi connectivity index (χ4n) is 2.13. The predicted molar refractivity (Wildman–Crippen MR) is 93.0 cm³/mol. The van der Waals surface area contributed by atoms with Crippen LogP contribution in [0.1, 0.15) is 39.3 Å². The third kappa shape index (κ3) is 7.16. The number of nitrogens with one attached hydrogen (secondary N) is 2. The Hall–Kier alpha value is -1.83. The Labute approximate surface area is 146 Å². The highest BCUT2D eigenvalue weighted by Crippen LogP contribution is 2.12. The van der Waals surface area contributed by atoms with Gasteiger partial charge in [0, 0.05) is 11.8 Å². The van der Waals surface area contributed by atoms with E-state index in [0.29, 0.717) is 23.7 Å². The van der Waals surface area contributed by atoms with Crippen molar-refractivity contribution in [3.8, 4) is 0 Å². The van der Waals surface area contributed by atoms with Gasteiger partial charge < -0.3 is 15.0 Å². The molecule has 2 N–H and O–H groups in total. The minimum absolute atomic E-state index is 0.0596. The van der Waals surface area contributed by atoms with Crippen LogP contribution in [0.5, 0.6) is 0 Å². The number of hydrogen-bond donors (Lipinski definition) is 2. The first-order valence-corrected chi connectivity index (χ1v) is 8.94. The second-order valence-corrected chi connectivity index (χ2v) is 6.82. The first kappa shape index (κ1) is 20.2. The molecule has 0 fully saturated rings. The lowest BCUT2D eigenvalue weighted by Crippen LogP contribution is -2.43. The lowest BCUT2D eigenvalue weighted by molar-refractivity contribution is -0.145. The number of thioether (sulfide) groups is 1. The number of aryl methyl sites for hydroxylation is 1. The molecule has 0 aromatic carbocycles. The number of ether oxygens (including phenoxy) is 1. The number of amides is 1. The number of rotatable bonds is 9. The van der Waals surface area contributed by atoms with E-state index in [2.05, 4.69) is 15.3 Å². The molecule has 0 bridgehead atoms. The largest absolute Gasteiger partial charge is 0.467 e. The van der Waals surface area contributed by atoms with Gasteiger partial charge in [0.25, 0.3) is 5.56 Å². The molecule has 0 aliphatic heterocycles. The smallest absolute Gasteiger partial charge is 0.328 e. The number of methoxy groups -OCH3 is 1. The Morgan fingerprint density at radius 2 is 2.12 bits per heavy atom. The molecule has 24 heavy (non-hydrogen) atoms. The van der Waals surface area contributed by atoms with Gasteiger partial charge >= 0.3 is 5.97 Å². The molecule has 0 unspecified atom stereocenters. The fourth-order valence-corrected chi connectivity index (χ4v) is 2.84. The van der Waals surface area contributed by atoms with E-state index in [1.54, 1.807) is 0 Å². The van der Waals surface area contributed by atoms with Crippen molar-refractivity contribution in [3.63, 3.8) is 0 Å². The van der Waals surface area contributed by atoms with Gasteiger partial charge in [0.1, 0.15) is 6.04 Å². The molecule has 0 spiro atoms. The van der Waals surface area contributed by atoms with E-state index >= 15 is 0 Å². The van der Waals surface area contributed by atoms with Crippen molar-refractivity contribution in [1.82, 2.24) is 15.3 Å². The number of hydrogen-bond acceptors (Lipinski definition) is 6. The molecular weight excluding hydrogens is 330 g/mol. The fraction of sp³-hybridized carbons (Fsp3) is 0.625. The molecule has 0 saturated carbocycles. The summed E-state index contributed by atoms with van der Waals surface area (Å²) in [4.78, 5) is 42.3. The number of esters is 1. The quantitative estimate of drug-likeness (QED) is 0.396. The number of carbonyl (C=O) groups excluding carboxylic acids is 2. The van der Waals surface area contributed by atoms with E-state index in [0.717, 1.165) is 18.2 Å². The summed E-state index contributed by atoms with van der Waals surface area (Å²) < 4.78 is 4.71. The van der Waals surface area contributed by atoms with Gasteiger partial charge in [-0.05, 0) is 18.8 Å². The Kier molecular flexibility index (Phi) is 8.53. The van der Waals surface area contributed by atoms with Crippen LogP contribution < -0.4 is 10.9 Å². The third-order valence-electron chi connectivity index (χ3n) is 3.15. The standard InChI is InChI=1S/C16H25N3O4S/c1-5-6-11-8-13(20)19-16(17-11)24-9-14(21)18-12(7-10(2)3)15(22)23-4/h8,10,12H,5-7,9H2,1-4H3,(H,18,21)(H,17,19,20)/t12-/m1/s1. The van der Waals surface area contributed by atoms with Crippen LogP contribution >= 0.6 is 11.8 Å². The van der Waals surface area contributed by atoms with Crippen molar-refractivity contribution in [1.29, 1.82) is 0 Å². The van der Waals surface area contributed by atoms with Gasteiger partial charge in [0.2, 0.25) is 5.91 Å². The highest BCUT2D eigenvalue weighted by molar-refractivity contribution is 7.99. The average Bonchev–Trinajstić information content (AvgIpc) is 2.51. The Bertz CT molecular complexity index is 616. The molecule has 1 aromatic heterocycles. The summed E-state index contributed by atoms with van der Waals surface area (Å²) in [5.41, 5.74) is 0.472. The van der Waals surface area contributed by atoms with E-state index in [1.807, 2.05) is 20.8 Å². The van der Waals surface area contributed by atoms with E-state index in [1.165, 1.54) is 13.2 Å². The molecule has 1 atom stereocenters. The summed E-state index contributed by atoms with van der Waals surface area (Å²) in [6.45, 7) is 5.93. The van der Waals surface area contributed by atoms with Crippen LogP contribution in [0.15, 0.2) is 16.0 Å². The van der Waals surface area contributed by atoms with Crippen molar-refractivity contribution in [2.75, 3.05) is 12.9 Å². The van der Waals surface area contributed by atoms with Gasteiger partial charge in [-0.15, -0.1) is 0 Å². The summed E-state index contributed by atoms with van der Waals surface area (Å²) in [5.74, 6) is -0.465. The molecule has 0 aliphatic carbocycles. The van der Waals surface area contributed by atoms with Gasteiger partial charge in [0.15, 0.2) is 5.16 Å². The molecule has 7 nitrogen and oxygen atoms in total. The van der Waals surface area contributed by atoms with E-state index in [-0.39, 0.29) is 23.1 Å². The second kappa shape index (κ2) is 10.1. The van der Waals surface area contributed by atoms with Crippen LogP contribution in [0.2, 0.25) is 0 Å². The molecule has 0 radical (unpaired) electrons. The lowest BCUT2D eigenvalue weighted by Gasteiger charge is -2.18. The average molecular weight is 355 g/mol. The van der Waals surface area contributed by atoms with Gasteiger partial charge in [-0.1, -0.05) is 39.0 Å². The molecule has 0 saturated heterocycles. The molecular formula is C16H25N3O4S. The van der Waals surface area contributed by atoms with Crippen LogP contribution in [0.3, 0.4) is 0 Å². The molecule has 0 aliphatic rings. The Balaban J connectivity index is 2.64. The minimum Gasteiger partial charge on any atom is -0.467 e. The molecule has 1 amide bonds. The molecule has 1 rings (SSSR count). The summed E-state index contributed by atoms with van der Waals surface area (Å²) >= 11 is 1.13. The summed E-state index contributed by atoms with van der Waals surface area (Å²) in [5, 5.41) is 3.07. The maximum absolute atomic E-state index is 12.1. The molecule has 1 heterocycles. The van der Waals surface area contributed by atoms with Crippen molar-refractivity contribution < 1.29 is 14.3 Å². The van der Waals surface area contributed by atoms with Crippen LogP contribution in [-0.2, 0) is 20.7 Å². The maximum Gasteiger partial charge on any atom is 0.328 e. The minimum atomic E-state index is -0.665. The summed E-state index contributed by atoms with van der Waals surface area (Å²) in [6, 6.07) is 0.797. The van der Waals surface area contributed by atoms with Gasteiger partial charge in [-0.3, -0.25) is 9.59 Å². The van der Waals surface area contributed by atoms with Crippen molar-refractivity contribution in [2.45, 2.75) is 51.2 Å². The summed E-state index contributed by atoms with van der Waals surface area (Å²) in [7, 11) is 1.30. The lowest BCUT2D eigenvalue weighted by atomic mass is 10.0.